The van der Waals surface area contributed by atoms with Crippen molar-refractivity contribution in [2.75, 3.05) is 47.5 Å². The van der Waals surface area contributed by atoms with E-state index in [2.05, 4.69) is 74.6 Å². The van der Waals surface area contributed by atoms with Gasteiger partial charge in [-0.05, 0) is 77.0 Å². The Morgan fingerprint density at radius 1 is 0.381 bits per heavy atom. The van der Waals surface area contributed by atoms with Gasteiger partial charge in [0, 0.05) is 12.8 Å². The maximum Gasteiger partial charge on any atom is 0.472 e. The lowest BCUT2D eigenvalue weighted by molar-refractivity contribution is -0.870. The average Bonchev–Trinajstić information content (AvgIpc) is 3.60. The molecule has 0 spiro atoms. The number of rotatable bonds is 67. The molecular weight excluding hydrogens is 1060 g/mol. The molecule has 0 aromatic rings. The van der Waals surface area contributed by atoms with Crippen molar-refractivity contribution < 1.29 is 42.1 Å². The molecule has 0 rings (SSSR count). The normalized spacial score (nSPS) is 13.5. The van der Waals surface area contributed by atoms with Crippen LogP contribution in [0.1, 0.15) is 348 Å². The van der Waals surface area contributed by atoms with Gasteiger partial charge >= 0.3 is 19.8 Å². The quantitative estimate of drug-likeness (QED) is 0.0211. The number of quaternary nitrogens is 1. The van der Waals surface area contributed by atoms with E-state index in [9.17, 15) is 19.0 Å². The number of carbonyl (C=O) groups excluding carboxylic acids is 2. The van der Waals surface area contributed by atoms with Crippen molar-refractivity contribution in [2.24, 2.45) is 0 Å². The molecule has 0 fully saturated rings. The van der Waals surface area contributed by atoms with Crippen molar-refractivity contribution in [3.8, 4) is 0 Å². The highest BCUT2D eigenvalue weighted by atomic mass is 31.2. The second-order valence-electron chi connectivity index (χ2n) is 25.6. The van der Waals surface area contributed by atoms with Crippen LogP contribution in [0.3, 0.4) is 0 Å². The van der Waals surface area contributed by atoms with E-state index in [-0.39, 0.29) is 25.6 Å². The second kappa shape index (κ2) is 65.2. The Hall–Kier alpha value is -2.29. The SMILES string of the molecule is CC/C=C\C/C=C\C/C=C\C/C=C\CCCCCCCCCCCCCCC(=O)OC(COC(=O)CCCCCCCCCCCCCCCCCCCCCCCCC/C=C\CCCCCCCCCC)COP(=O)(O)OCC[N+](C)(C)C. The lowest BCUT2D eigenvalue weighted by Crippen LogP contribution is -2.37. The van der Waals surface area contributed by atoms with Crippen LogP contribution in [-0.4, -0.2) is 74.9 Å². The lowest BCUT2D eigenvalue weighted by Gasteiger charge is -2.24. The van der Waals surface area contributed by atoms with Crippen molar-refractivity contribution >= 4 is 19.8 Å². The van der Waals surface area contributed by atoms with Crippen LogP contribution < -0.4 is 0 Å². The predicted molar refractivity (Wildman–Crippen MR) is 363 cm³/mol. The third kappa shape index (κ3) is 68.8. The largest absolute Gasteiger partial charge is 0.472 e. The average molecular weight is 1200 g/mol. The van der Waals surface area contributed by atoms with Crippen LogP contribution in [0.25, 0.3) is 0 Å². The molecule has 0 amide bonds. The number of hydrogen-bond acceptors (Lipinski definition) is 7. The van der Waals surface area contributed by atoms with Gasteiger partial charge in [-0.25, -0.2) is 4.57 Å². The zero-order valence-electron chi connectivity index (χ0n) is 56.1. The molecule has 0 aromatic heterocycles. The fourth-order valence-electron chi connectivity index (χ4n) is 10.5. The summed E-state index contributed by atoms with van der Waals surface area (Å²) in [5, 5.41) is 0. The van der Waals surface area contributed by atoms with Gasteiger partial charge < -0.3 is 18.9 Å². The van der Waals surface area contributed by atoms with Gasteiger partial charge in [0.05, 0.1) is 27.7 Å². The van der Waals surface area contributed by atoms with Crippen LogP contribution in [0, 0.1) is 0 Å². The zero-order chi connectivity index (χ0) is 61.2. The molecule has 1 N–H and O–H groups in total. The van der Waals surface area contributed by atoms with Crippen LogP contribution in [-0.2, 0) is 32.7 Å². The molecular formula is C74H139NO8P+. The summed E-state index contributed by atoms with van der Waals surface area (Å²) in [4.78, 5) is 35.9. The van der Waals surface area contributed by atoms with Crippen molar-refractivity contribution in [3.05, 3.63) is 60.8 Å². The van der Waals surface area contributed by atoms with E-state index in [1.54, 1.807) is 0 Å². The Balaban J connectivity index is 3.96. The van der Waals surface area contributed by atoms with Gasteiger partial charge in [-0.2, -0.15) is 0 Å². The van der Waals surface area contributed by atoms with Crippen LogP contribution in [0.5, 0.6) is 0 Å². The van der Waals surface area contributed by atoms with Crippen molar-refractivity contribution in [1.29, 1.82) is 0 Å². The van der Waals surface area contributed by atoms with Gasteiger partial charge in [0.2, 0.25) is 0 Å². The molecule has 0 bridgehead atoms. The number of nitrogens with zero attached hydrogens (tertiary/aromatic N) is 1. The number of likely N-dealkylation sites (N-methyl/N-ethyl adjacent to an activating group) is 1. The van der Waals surface area contributed by atoms with E-state index >= 15 is 0 Å². The van der Waals surface area contributed by atoms with Gasteiger partial charge in [0.25, 0.3) is 0 Å². The van der Waals surface area contributed by atoms with E-state index in [1.807, 2.05) is 21.1 Å². The van der Waals surface area contributed by atoms with Gasteiger partial charge in [0.15, 0.2) is 6.10 Å². The highest BCUT2D eigenvalue weighted by molar-refractivity contribution is 7.47. The maximum absolute atomic E-state index is 12.9. The van der Waals surface area contributed by atoms with E-state index in [4.69, 9.17) is 18.5 Å². The number of unbranched alkanes of at least 4 members (excludes halogenated alkanes) is 43. The minimum absolute atomic E-state index is 0.0316. The fraction of sp³-hybridized carbons (Fsp3) is 0.838. The summed E-state index contributed by atoms with van der Waals surface area (Å²) >= 11 is 0. The standard InChI is InChI=1S/C74H138NO8P/c1-6-8-10-12-14-16-18-20-22-24-26-28-30-32-33-34-35-36-37-38-39-40-41-43-44-46-48-50-52-54-56-58-60-62-64-66-73(76)80-70-72(71-82-84(78,79)81-69-68-75(3,4)5)83-74(77)67-65-63-61-59-57-55-53-51-49-47-45-42-31-29-27-25-23-21-19-17-15-13-11-9-7-2/h9,11,15,17,21,23-24,26-27,29,72H,6-8,10,12-14,16,18-20,22,25,28,30-71H2,1-5H3/p+1/b11-9-,17-15-,23-21-,26-24-,29-27-. The van der Waals surface area contributed by atoms with Crippen LogP contribution >= 0.6 is 7.82 Å². The number of carbonyl (C=O) groups is 2. The maximum atomic E-state index is 12.9. The summed E-state index contributed by atoms with van der Waals surface area (Å²) < 4.78 is 34.7. The van der Waals surface area contributed by atoms with Gasteiger partial charge in [-0.15, -0.1) is 0 Å². The minimum Gasteiger partial charge on any atom is -0.462 e. The molecule has 9 nitrogen and oxygen atoms in total. The molecule has 0 aliphatic carbocycles. The molecule has 10 heteroatoms. The highest BCUT2D eigenvalue weighted by Gasteiger charge is 2.27. The van der Waals surface area contributed by atoms with E-state index in [0.29, 0.717) is 23.9 Å². The van der Waals surface area contributed by atoms with Gasteiger partial charge in [0.1, 0.15) is 19.8 Å². The topological polar surface area (TPSA) is 108 Å². The van der Waals surface area contributed by atoms with Gasteiger partial charge in [-0.1, -0.05) is 319 Å². The molecule has 0 aliphatic rings. The van der Waals surface area contributed by atoms with E-state index in [1.165, 1.54) is 250 Å². The molecule has 0 heterocycles. The van der Waals surface area contributed by atoms with Crippen LogP contribution in [0.4, 0.5) is 0 Å². The van der Waals surface area contributed by atoms with E-state index in [0.717, 1.165) is 64.2 Å². The number of phosphoric acid groups is 1. The first-order chi connectivity index (χ1) is 41.0. The van der Waals surface area contributed by atoms with Crippen molar-refractivity contribution in [2.45, 2.75) is 354 Å². The molecule has 84 heavy (non-hydrogen) atoms. The molecule has 0 aromatic carbocycles. The van der Waals surface area contributed by atoms with E-state index < -0.39 is 26.5 Å². The Labute approximate surface area is 521 Å². The number of hydrogen-bond donors (Lipinski definition) is 1. The Morgan fingerprint density at radius 3 is 1.02 bits per heavy atom. The Bertz CT molecular complexity index is 1600. The summed E-state index contributed by atoms with van der Waals surface area (Å²) in [6, 6.07) is 0. The van der Waals surface area contributed by atoms with Crippen molar-refractivity contribution in [1.82, 2.24) is 0 Å². The number of allylic oxidation sites excluding steroid dienone is 10. The smallest absolute Gasteiger partial charge is 0.462 e. The number of phosphoric ester groups is 1. The summed E-state index contributed by atoms with van der Waals surface area (Å²) in [6.07, 6.45) is 86.3. The molecule has 492 valence electrons. The highest BCUT2D eigenvalue weighted by Crippen LogP contribution is 2.43. The number of esters is 2. The summed E-state index contributed by atoms with van der Waals surface area (Å²) in [5.74, 6) is -0.784. The Morgan fingerprint density at radius 2 is 0.679 bits per heavy atom. The summed E-state index contributed by atoms with van der Waals surface area (Å²) in [5.41, 5.74) is 0. The summed E-state index contributed by atoms with van der Waals surface area (Å²) in [6.45, 7) is 4.37. The third-order valence-corrected chi connectivity index (χ3v) is 17.0. The second-order valence-corrected chi connectivity index (χ2v) is 27.0. The minimum atomic E-state index is -4.39. The molecule has 0 radical (unpaired) electrons. The van der Waals surface area contributed by atoms with Crippen LogP contribution in [0.15, 0.2) is 60.8 Å². The summed E-state index contributed by atoms with van der Waals surface area (Å²) in [7, 11) is 1.49. The molecule has 0 saturated carbocycles. The first-order valence-corrected chi connectivity index (χ1v) is 37.5. The molecule has 0 aliphatic heterocycles. The third-order valence-electron chi connectivity index (χ3n) is 16.0. The molecule has 2 atom stereocenters. The zero-order valence-corrected chi connectivity index (χ0v) is 57.0. The number of ether oxygens (including phenoxy) is 2. The monoisotopic (exact) mass is 1200 g/mol. The first kappa shape index (κ1) is 81.7. The first-order valence-electron chi connectivity index (χ1n) is 36.0. The Kier molecular flexibility index (Phi) is 63.4. The lowest BCUT2D eigenvalue weighted by atomic mass is 10.0. The van der Waals surface area contributed by atoms with Crippen molar-refractivity contribution in [3.63, 3.8) is 0 Å². The fourth-order valence-corrected chi connectivity index (χ4v) is 11.3. The predicted octanol–water partition coefficient (Wildman–Crippen LogP) is 23.4. The van der Waals surface area contributed by atoms with Gasteiger partial charge in [-0.3, -0.25) is 18.6 Å². The molecule has 2 unspecified atom stereocenters. The van der Waals surface area contributed by atoms with Crippen LogP contribution in [0.2, 0.25) is 0 Å². The molecule has 0 saturated heterocycles.